The van der Waals surface area contributed by atoms with Crippen LogP contribution in [0.3, 0.4) is 0 Å². The van der Waals surface area contributed by atoms with Crippen LogP contribution in [0.15, 0.2) is 0 Å². The zero-order chi connectivity index (χ0) is 20.6. The molecule has 2 heterocycles. The highest BCUT2D eigenvalue weighted by Crippen LogP contribution is 3.02. The van der Waals surface area contributed by atoms with E-state index in [2.05, 4.69) is 42.5 Å². The van der Waals surface area contributed by atoms with Gasteiger partial charge in [0.05, 0.1) is 46.2 Å². The summed E-state index contributed by atoms with van der Waals surface area (Å²) in [5.41, 5.74) is 0.0368. The molecule has 0 aromatic heterocycles. The summed E-state index contributed by atoms with van der Waals surface area (Å²) < 4.78 is 25.1. The van der Waals surface area contributed by atoms with Gasteiger partial charge >= 0.3 is 6.03 Å². The van der Waals surface area contributed by atoms with Crippen LogP contribution in [0.2, 0.25) is 0 Å². The third kappa shape index (κ3) is 0.921. The smallest absolute Gasteiger partial charge is 0.315 e. The van der Waals surface area contributed by atoms with E-state index in [9.17, 15) is 4.79 Å². The Morgan fingerprint density at radius 3 is 1.22 bits per heavy atom. The maximum Gasteiger partial charge on any atom is 0.315 e. The molecule has 32 heavy (non-hydrogen) atoms. The first-order chi connectivity index (χ1) is 15.5. The van der Waals surface area contributed by atoms with Crippen molar-refractivity contribution in [2.75, 3.05) is 26.4 Å². The largest absolute Gasteiger partial charge is 0.346 e. The minimum Gasteiger partial charge on any atom is -0.346 e. The number of alkyl halides is 2. The van der Waals surface area contributed by atoms with Crippen LogP contribution in [0.1, 0.15) is 0 Å². The molecule has 8 unspecified atom stereocenters. The molecule has 9 heteroatoms. The van der Waals surface area contributed by atoms with Crippen molar-refractivity contribution in [3.8, 4) is 0 Å². The van der Waals surface area contributed by atoms with E-state index >= 15 is 0 Å². The van der Waals surface area contributed by atoms with E-state index < -0.39 is 11.6 Å². The molecule has 2 aliphatic heterocycles. The predicted octanol–water partition coefficient (Wildman–Crippen LogP) is 1.05. The highest BCUT2D eigenvalue weighted by Gasteiger charge is 3.11. The Bertz CT molecular complexity index is 1020. The average molecular weight is 566 g/mol. The molecule has 2 amide bonds. The van der Waals surface area contributed by atoms with Gasteiger partial charge in [0, 0.05) is 11.8 Å². The van der Waals surface area contributed by atoms with E-state index in [1.807, 2.05) is 0 Å². The van der Waals surface area contributed by atoms with Crippen LogP contribution in [-0.4, -0.2) is 63.8 Å². The molecule has 2 N–H and O–H groups in total. The topological polar surface area (TPSA) is 78.1 Å². The van der Waals surface area contributed by atoms with Crippen molar-refractivity contribution in [2.24, 2.45) is 71.0 Å². The van der Waals surface area contributed by atoms with Crippen molar-refractivity contribution in [1.29, 1.82) is 0 Å². The molecule has 168 valence electrons. The van der Waals surface area contributed by atoms with Gasteiger partial charge in [-0.05, 0) is 59.2 Å². The Hall–Kier alpha value is 0.0700. The van der Waals surface area contributed by atoms with Crippen LogP contribution in [0, 0.1) is 71.0 Å². The zero-order valence-corrected chi connectivity index (χ0v) is 20.2. The van der Waals surface area contributed by atoms with Crippen LogP contribution in [-0.2, 0) is 18.9 Å². The van der Waals surface area contributed by atoms with E-state index in [-0.39, 0.29) is 25.8 Å². The molecule has 14 rings (SSSR count). The average Bonchev–Trinajstić information content (AvgIpc) is 3.52. The number of carbonyl (C=O) groups is 1. The lowest BCUT2D eigenvalue weighted by Gasteiger charge is -2.92. The van der Waals surface area contributed by atoms with Gasteiger partial charge in [0.1, 0.15) is 0 Å². The predicted molar refractivity (Wildman–Crippen MR) is 112 cm³/mol. The first-order valence-corrected chi connectivity index (χ1v) is 14.1. The van der Waals surface area contributed by atoms with E-state index in [0.717, 1.165) is 0 Å². The second-order valence-electron chi connectivity index (χ2n) is 13.0. The lowest BCUT2D eigenvalue weighted by Crippen LogP contribution is -3.02. The van der Waals surface area contributed by atoms with Crippen molar-refractivity contribution in [2.45, 2.75) is 31.3 Å². The number of nitrogens with one attached hydrogen (secondary N) is 2. The first-order valence-electron chi connectivity index (χ1n) is 12.5. The molecule has 4 bridgehead atoms. The molecule has 16 atom stereocenters. The molecule has 7 nitrogen and oxygen atoms in total. The number of urea groups is 1. The fourth-order valence-corrected chi connectivity index (χ4v) is 17.4. The van der Waals surface area contributed by atoms with Crippen molar-refractivity contribution in [3.63, 3.8) is 0 Å². The summed E-state index contributed by atoms with van der Waals surface area (Å²) in [6.45, 7) is 2.81. The molecule has 14 aliphatic rings. The van der Waals surface area contributed by atoms with Gasteiger partial charge in [-0.25, -0.2) is 4.79 Å². The second kappa shape index (κ2) is 3.88. The minimum absolute atomic E-state index is 0.0104. The molecule has 2 saturated heterocycles. The summed E-state index contributed by atoms with van der Waals surface area (Å²) >= 11 is 8.23. The van der Waals surface area contributed by atoms with Crippen LogP contribution in [0.4, 0.5) is 4.79 Å². The van der Waals surface area contributed by atoms with Gasteiger partial charge in [-0.3, -0.25) is 0 Å². The molecule has 2 spiro atoms. The van der Waals surface area contributed by atoms with E-state index in [4.69, 9.17) is 18.9 Å². The third-order valence-electron chi connectivity index (χ3n) is 13.9. The molecular formula is C23H22Br2N2O5. The number of hydrogen-bond acceptors (Lipinski definition) is 5. The summed E-state index contributed by atoms with van der Waals surface area (Å²) in [4.78, 5) is 13.4. The maximum absolute atomic E-state index is 13.4. The fraction of sp³-hybridized carbons (Fsp3) is 0.957. The highest BCUT2D eigenvalue weighted by atomic mass is 79.9. The second-order valence-corrected chi connectivity index (χ2v) is 15.6. The lowest BCUT2D eigenvalue weighted by atomic mass is 9.16. The Labute approximate surface area is 200 Å². The standard InChI is InChI=1S/C23H22Br2N2O5/c24-20-11-5-12(20)8-15(22(20)29-1-2-30-22)7(11)18(5,8)26-17(28)27-19-6-13-9(19)16-10(19)14(6)21(13,25)23(16)31-3-4-32-23/h5-16H,1-4H2,(H2,26,27,28)/t5?,6?,7-,8+,9-,10+,11-,12-,13-,14-,15?,16?,18?,19?,20?,21?/m1/s1. The van der Waals surface area contributed by atoms with Gasteiger partial charge in [-0.2, -0.15) is 0 Å². The minimum atomic E-state index is -0.415. The summed E-state index contributed by atoms with van der Waals surface area (Å²) in [5, 5.41) is 7.13. The zero-order valence-electron chi connectivity index (χ0n) is 17.1. The van der Waals surface area contributed by atoms with Crippen LogP contribution in [0.25, 0.3) is 0 Å². The van der Waals surface area contributed by atoms with Crippen molar-refractivity contribution in [1.82, 2.24) is 10.6 Å². The summed E-state index contributed by atoms with van der Waals surface area (Å²) in [6.07, 6.45) is 0. The number of amides is 2. The van der Waals surface area contributed by atoms with E-state index in [0.29, 0.717) is 97.4 Å². The van der Waals surface area contributed by atoms with Gasteiger partial charge in [0.15, 0.2) is 11.6 Å². The molecule has 12 aliphatic carbocycles. The van der Waals surface area contributed by atoms with Gasteiger partial charge in [0.25, 0.3) is 0 Å². The fourth-order valence-electron chi connectivity index (χ4n) is 14.2. The number of ether oxygens (including phenoxy) is 4. The quantitative estimate of drug-likeness (QED) is 0.489. The third-order valence-corrected chi connectivity index (χ3v) is 17.2. The summed E-state index contributed by atoms with van der Waals surface area (Å²) in [5.74, 6) is 5.84. The van der Waals surface area contributed by atoms with Crippen LogP contribution >= 0.6 is 31.9 Å². The summed E-state index contributed by atoms with van der Waals surface area (Å²) in [7, 11) is 0. The normalized spacial score (nSPS) is 77.8. The molecule has 12 saturated carbocycles. The number of halogens is 2. The molecule has 0 aromatic carbocycles. The van der Waals surface area contributed by atoms with Crippen molar-refractivity contribution >= 4 is 37.9 Å². The Morgan fingerprint density at radius 1 is 0.562 bits per heavy atom. The van der Waals surface area contributed by atoms with Crippen molar-refractivity contribution < 1.29 is 23.7 Å². The van der Waals surface area contributed by atoms with E-state index in [1.54, 1.807) is 0 Å². The molecule has 0 radical (unpaired) electrons. The number of carbonyl (C=O) groups excluding carboxylic acids is 1. The highest BCUT2D eigenvalue weighted by molar-refractivity contribution is 9.10. The first kappa shape index (κ1) is 16.7. The van der Waals surface area contributed by atoms with Gasteiger partial charge < -0.3 is 29.6 Å². The van der Waals surface area contributed by atoms with Crippen LogP contribution in [0.5, 0.6) is 0 Å². The Kier molecular flexibility index (Phi) is 2.02. The molecular weight excluding hydrogens is 544 g/mol. The molecule has 0 aromatic rings. The van der Waals surface area contributed by atoms with Gasteiger partial charge in [0.2, 0.25) is 0 Å². The Morgan fingerprint density at radius 2 is 0.875 bits per heavy atom. The number of hydrogen-bond donors (Lipinski definition) is 2. The van der Waals surface area contributed by atoms with Crippen LogP contribution < -0.4 is 10.6 Å². The van der Waals surface area contributed by atoms with Crippen molar-refractivity contribution in [3.05, 3.63) is 0 Å². The SMILES string of the molecule is O=C(NC12C3[C@@H]4[C@H]1C1[C@H]2[C@@H]3C4(Br)C12OCCO2)NC12C3[C@@H]4[C@H]1C1[C@H]2[C@@H]3C4(Br)C12OCCO2. The van der Waals surface area contributed by atoms with Gasteiger partial charge in [-0.15, -0.1) is 0 Å². The van der Waals surface area contributed by atoms with E-state index in [1.165, 1.54) is 0 Å². The monoisotopic (exact) mass is 564 g/mol. The number of rotatable bonds is 2. The maximum atomic E-state index is 13.4. The van der Waals surface area contributed by atoms with Gasteiger partial charge in [-0.1, -0.05) is 31.9 Å². The summed E-state index contributed by atoms with van der Waals surface area (Å²) in [6, 6.07) is 0.0771. The molecule has 14 fully saturated rings. The Balaban J connectivity index is 0.850. The lowest BCUT2D eigenvalue weighted by molar-refractivity contribution is -0.397.